The van der Waals surface area contributed by atoms with Crippen LogP contribution in [0.15, 0.2) is 92.6 Å². The molecule has 0 amide bonds. The SMILES string of the molecule is Sc1ccc2c(c1)oc1ccc(-c3ccc4oc5ccccc5c4c3)cc12. The largest absolute Gasteiger partial charge is 0.456 e. The van der Waals surface area contributed by atoms with Gasteiger partial charge in [0.15, 0.2) is 0 Å². The molecule has 2 nitrogen and oxygen atoms in total. The van der Waals surface area contributed by atoms with E-state index in [4.69, 9.17) is 8.83 Å². The quantitative estimate of drug-likeness (QED) is 0.306. The molecule has 0 saturated carbocycles. The van der Waals surface area contributed by atoms with Gasteiger partial charge in [-0.25, -0.2) is 0 Å². The molecule has 0 fully saturated rings. The topological polar surface area (TPSA) is 26.3 Å². The van der Waals surface area contributed by atoms with Crippen molar-refractivity contribution in [3.8, 4) is 11.1 Å². The van der Waals surface area contributed by atoms with E-state index in [2.05, 4.69) is 55.1 Å². The van der Waals surface area contributed by atoms with Crippen LogP contribution in [-0.2, 0) is 0 Å². The molecule has 0 aliphatic rings. The van der Waals surface area contributed by atoms with Crippen molar-refractivity contribution in [3.05, 3.63) is 78.9 Å². The fourth-order valence-electron chi connectivity index (χ4n) is 3.85. The Kier molecular flexibility index (Phi) is 3.00. The second-order valence-corrected chi connectivity index (χ2v) is 7.32. The Balaban J connectivity index is 1.60. The summed E-state index contributed by atoms with van der Waals surface area (Å²) in [5.41, 5.74) is 5.91. The summed E-state index contributed by atoms with van der Waals surface area (Å²) in [6, 6.07) is 26.9. The molecule has 128 valence electrons. The highest BCUT2D eigenvalue weighted by Gasteiger charge is 2.11. The van der Waals surface area contributed by atoms with Gasteiger partial charge in [0.25, 0.3) is 0 Å². The van der Waals surface area contributed by atoms with Crippen LogP contribution in [0.3, 0.4) is 0 Å². The first kappa shape index (κ1) is 14.9. The van der Waals surface area contributed by atoms with E-state index in [0.717, 1.165) is 59.9 Å². The second kappa shape index (κ2) is 5.41. The van der Waals surface area contributed by atoms with Gasteiger partial charge in [-0.1, -0.05) is 30.3 Å². The second-order valence-electron chi connectivity index (χ2n) is 6.80. The lowest BCUT2D eigenvalue weighted by molar-refractivity contribution is 0.667. The van der Waals surface area contributed by atoms with Gasteiger partial charge in [-0.2, -0.15) is 0 Å². The summed E-state index contributed by atoms with van der Waals surface area (Å²) in [6.07, 6.45) is 0. The van der Waals surface area contributed by atoms with E-state index in [0.29, 0.717) is 0 Å². The highest BCUT2D eigenvalue weighted by atomic mass is 32.1. The van der Waals surface area contributed by atoms with Crippen molar-refractivity contribution < 1.29 is 8.83 Å². The average Bonchev–Trinajstić information content (AvgIpc) is 3.24. The van der Waals surface area contributed by atoms with Crippen LogP contribution >= 0.6 is 12.6 Å². The first-order valence-corrected chi connectivity index (χ1v) is 9.28. The molecular weight excluding hydrogens is 352 g/mol. The van der Waals surface area contributed by atoms with Gasteiger partial charge in [0, 0.05) is 26.4 Å². The lowest BCUT2D eigenvalue weighted by atomic mass is 10.0. The van der Waals surface area contributed by atoms with Crippen molar-refractivity contribution in [2.45, 2.75) is 4.90 Å². The zero-order valence-electron chi connectivity index (χ0n) is 14.3. The Morgan fingerprint density at radius 1 is 0.481 bits per heavy atom. The van der Waals surface area contributed by atoms with Crippen molar-refractivity contribution in [1.29, 1.82) is 0 Å². The van der Waals surface area contributed by atoms with E-state index in [1.807, 2.05) is 36.4 Å². The van der Waals surface area contributed by atoms with Gasteiger partial charge in [-0.15, -0.1) is 12.6 Å². The normalized spacial score (nSPS) is 11.9. The smallest absolute Gasteiger partial charge is 0.136 e. The van der Waals surface area contributed by atoms with Crippen molar-refractivity contribution in [3.63, 3.8) is 0 Å². The standard InChI is InChI=1S/C24H14O2S/c27-16-7-8-18-20-12-15(6-10-23(20)26-24(18)13-16)14-5-9-22-19(11-14)17-3-1-2-4-21(17)25-22/h1-13,27H. The molecule has 0 unspecified atom stereocenters. The van der Waals surface area contributed by atoms with Crippen LogP contribution in [-0.4, -0.2) is 0 Å². The van der Waals surface area contributed by atoms with Crippen LogP contribution < -0.4 is 0 Å². The number of rotatable bonds is 1. The molecular formula is C24H14O2S. The summed E-state index contributed by atoms with van der Waals surface area (Å²) in [4.78, 5) is 0.902. The lowest BCUT2D eigenvalue weighted by Gasteiger charge is -2.02. The fraction of sp³-hybridized carbons (Fsp3) is 0. The number of thiol groups is 1. The molecule has 4 aromatic carbocycles. The third kappa shape index (κ3) is 2.22. The van der Waals surface area contributed by atoms with Gasteiger partial charge < -0.3 is 8.83 Å². The monoisotopic (exact) mass is 366 g/mol. The van der Waals surface area contributed by atoms with E-state index in [-0.39, 0.29) is 0 Å². The molecule has 0 radical (unpaired) electrons. The third-order valence-electron chi connectivity index (χ3n) is 5.16. The number of furan rings is 2. The molecule has 0 aliphatic carbocycles. The molecule has 0 bridgehead atoms. The number of fused-ring (bicyclic) bond motifs is 6. The highest BCUT2D eigenvalue weighted by molar-refractivity contribution is 7.80. The molecule has 0 saturated heterocycles. The number of hydrogen-bond donors (Lipinski definition) is 1. The zero-order chi connectivity index (χ0) is 18.0. The summed E-state index contributed by atoms with van der Waals surface area (Å²) in [7, 11) is 0. The maximum atomic E-state index is 5.98. The minimum absolute atomic E-state index is 0.867. The van der Waals surface area contributed by atoms with Gasteiger partial charge in [0.1, 0.15) is 22.3 Å². The fourth-order valence-corrected chi connectivity index (χ4v) is 4.04. The molecule has 2 aromatic heterocycles. The number of hydrogen-bond acceptors (Lipinski definition) is 3. The maximum Gasteiger partial charge on any atom is 0.136 e. The Morgan fingerprint density at radius 3 is 1.81 bits per heavy atom. The zero-order valence-corrected chi connectivity index (χ0v) is 15.2. The highest BCUT2D eigenvalue weighted by Crippen LogP contribution is 2.36. The van der Waals surface area contributed by atoms with Crippen LogP contribution in [0.4, 0.5) is 0 Å². The summed E-state index contributed by atoms with van der Waals surface area (Å²) in [5.74, 6) is 0. The Hall–Kier alpha value is -3.17. The van der Waals surface area contributed by atoms with Gasteiger partial charge in [-0.3, -0.25) is 0 Å². The van der Waals surface area contributed by atoms with E-state index in [1.54, 1.807) is 0 Å². The molecule has 0 spiro atoms. The summed E-state index contributed by atoms with van der Waals surface area (Å²) in [6.45, 7) is 0. The molecule has 3 heteroatoms. The van der Waals surface area contributed by atoms with Crippen molar-refractivity contribution in [2.24, 2.45) is 0 Å². The average molecular weight is 366 g/mol. The minimum atomic E-state index is 0.867. The van der Waals surface area contributed by atoms with Crippen LogP contribution in [0.1, 0.15) is 0 Å². The van der Waals surface area contributed by atoms with Gasteiger partial charge >= 0.3 is 0 Å². The molecule has 6 rings (SSSR count). The van der Waals surface area contributed by atoms with Crippen molar-refractivity contribution >= 4 is 56.5 Å². The Morgan fingerprint density at radius 2 is 1.07 bits per heavy atom. The first-order valence-electron chi connectivity index (χ1n) is 8.83. The Bertz CT molecular complexity index is 1490. The molecule has 0 aliphatic heterocycles. The molecule has 0 N–H and O–H groups in total. The Labute approximate surface area is 160 Å². The van der Waals surface area contributed by atoms with Crippen molar-refractivity contribution in [1.82, 2.24) is 0 Å². The van der Waals surface area contributed by atoms with E-state index in [1.165, 1.54) is 0 Å². The summed E-state index contributed by atoms with van der Waals surface area (Å²) < 4.78 is 11.9. The van der Waals surface area contributed by atoms with Crippen LogP contribution in [0.2, 0.25) is 0 Å². The number of benzene rings is 4. The van der Waals surface area contributed by atoms with Crippen molar-refractivity contribution in [2.75, 3.05) is 0 Å². The third-order valence-corrected chi connectivity index (χ3v) is 5.44. The molecule has 0 atom stereocenters. The maximum absolute atomic E-state index is 5.98. The van der Waals surface area contributed by atoms with Crippen LogP contribution in [0, 0.1) is 0 Å². The number of para-hydroxylation sites is 1. The first-order chi connectivity index (χ1) is 13.3. The van der Waals surface area contributed by atoms with Crippen LogP contribution in [0.25, 0.3) is 55.0 Å². The van der Waals surface area contributed by atoms with Gasteiger partial charge in [-0.05, 0) is 59.7 Å². The summed E-state index contributed by atoms with van der Waals surface area (Å²) >= 11 is 4.41. The molecule has 6 aromatic rings. The lowest BCUT2D eigenvalue weighted by Crippen LogP contribution is -1.78. The predicted molar refractivity (Wildman–Crippen MR) is 114 cm³/mol. The van der Waals surface area contributed by atoms with E-state index in [9.17, 15) is 0 Å². The van der Waals surface area contributed by atoms with Gasteiger partial charge in [0.2, 0.25) is 0 Å². The predicted octanol–water partition coefficient (Wildman–Crippen LogP) is 7.44. The molecule has 27 heavy (non-hydrogen) atoms. The minimum Gasteiger partial charge on any atom is -0.456 e. The van der Waals surface area contributed by atoms with Crippen LogP contribution in [0.5, 0.6) is 0 Å². The molecule has 2 heterocycles. The summed E-state index contributed by atoms with van der Waals surface area (Å²) in [5, 5.41) is 4.51. The van der Waals surface area contributed by atoms with E-state index < -0.39 is 0 Å². The van der Waals surface area contributed by atoms with E-state index >= 15 is 0 Å². The van der Waals surface area contributed by atoms with Gasteiger partial charge in [0.05, 0.1) is 0 Å².